The summed E-state index contributed by atoms with van der Waals surface area (Å²) >= 11 is 0. The molecule has 0 aromatic heterocycles. The van der Waals surface area contributed by atoms with Crippen molar-refractivity contribution in [2.45, 2.75) is 12.5 Å². The lowest BCUT2D eigenvalue weighted by Crippen LogP contribution is -1.88. The molecule has 1 rings (SSSR count). The lowest BCUT2D eigenvalue weighted by Gasteiger charge is -1.99. The first-order chi connectivity index (χ1) is 3.58. The van der Waals surface area contributed by atoms with Gasteiger partial charge in [0.05, 0.1) is 6.10 Å². The molecule has 1 radical (unpaired) electrons. The molecule has 1 aliphatic carbocycles. The van der Waals surface area contributed by atoms with Crippen molar-refractivity contribution in [2.24, 2.45) is 0 Å². The molecule has 0 heterocycles. The van der Waals surface area contributed by atoms with E-state index in [4.69, 9.17) is 9.79 Å². The molecule has 2 N–H and O–H groups in total. The summed E-state index contributed by atoms with van der Waals surface area (Å²) in [5.74, 6) is 0. The molecule has 1 unspecified atom stereocenters. The van der Waals surface area contributed by atoms with Gasteiger partial charge in [0.15, 0.2) is 0 Å². The van der Waals surface area contributed by atoms with E-state index in [2.05, 4.69) is 4.52 Å². The minimum atomic E-state index is -4.19. The highest BCUT2D eigenvalue weighted by Crippen LogP contribution is 2.43. The molecule has 0 bridgehead atoms. The van der Waals surface area contributed by atoms with Crippen molar-refractivity contribution in [1.29, 1.82) is 0 Å². The van der Waals surface area contributed by atoms with E-state index in [1.54, 1.807) is 6.42 Å². The van der Waals surface area contributed by atoms with Gasteiger partial charge in [-0.1, -0.05) is 0 Å². The summed E-state index contributed by atoms with van der Waals surface area (Å²) in [6.45, 7) is 0. The van der Waals surface area contributed by atoms with E-state index in [1.807, 2.05) is 0 Å². The van der Waals surface area contributed by atoms with Crippen molar-refractivity contribution in [3.05, 3.63) is 6.42 Å². The van der Waals surface area contributed by atoms with Crippen molar-refractivity contribution >= 4 is 7.82 Å². The smallest absolute Gasteiger partial charge is 0.303 e. The molecule has 1 aliphatic rings. The first kappa shape index (κ1) is 6.23. The van der Waals surface area contributed by atoms with Crippen molar-refractivity contribution in [1.82, 2.24) is 0 Å². The highest BCUT2D eigenvalue weighted by atomic mass is 31.2. The van der Waals surface area contributed by atoms with Gasteiger partial charge in [-0.15, -0.1) is 0 Å². The molecule has 5 heteroatoms. The Labute approximate surface area is 46.7 Å². The molecule has 4 nitrogen and oxygen atoms in total. The normalized spacial score (nSPS) is 21.2. The molecule has 0 spiro atoms. The molecule has 0 aliphatic heterocycles. The van der Waals surface area contributed by atoms with E-state index in [0.717, 1.165) is 0 Å². The Morgan fingerprint density at radius 1 is 1.75 bits per heavy atom. The maximum Gasteiger partial charge on any atom is 0.469 e. The van der Waals surface area contributed by atoms with Crippen molar-refractivity contribution in [3.8, 4) is 0 Å². The van der Waals surface area contributed by atoms with Crippen molar-refractivity contribution < 1.29 is 18.9 Å². The second-order valence-electron chi connectivity index (χ2n) is 1.61. The standard InChI is InChI=1S/C3H6O4P/c4-8(5,6)7-3-1-2-3/h1,3H,2H2,(H2,4,5,6). The molecular weight excluding hydrogens is 131 g/mol. The average Bonchev–Trinajstić information content (AvgIpc) is 2.12. The molecule has 1 saturated carbocycles. The van der Waals surface area contributed by atoms with E-state index in [-0.39, 0.29) is 6.10 Å². The zero-order valence-electron chi connectivity index (χ0n) is 4.02. The van der Waals surface area contributed by atoms with Crippen LogP contribution < -0.4 is 0 Å². The molecule has 1 atom stereocenters. The first-order valence-electron chi connectivity index (χ1n) is 2.15. The summed E-state index contributed by atoms with van der Waals surface area (Å²) in [6.07, 6.45) is 2.04. The van der Waals surface area contributed by atoms with Crippen LogP contribution in [-0.4, -0.2) is 15.9 Å². The zero-order valence-corrected chi connectivity index (χ0v) is 4.91. The van der Waals surface area contributed by atoms with Crippen LogP contribution in [0.15, 0.2) is 0 Å². The molecule has 0 amide bonds. The molecule has 0 aromatic carbocycles. The lowest BCUT2D eigenvalue weighted by atomic mass is 10.9. The minimum absolute atomic E-state index is 0.296. The van der Waals surface area contributed by atoms with Gasteiger partial charge in [0.25, 0.3) is 0 Å². The maximum absolute atomic E-state index is 9.93. The van der Waals surface area contributed by atoms with Gasteiger partial charge in [-0.3, -0.25) is 4.52 Å². The number of hydrogen-bond donors (Lipinski definition) is 2. The van der Waals surface area contributed by atoms with Crippen LogP contribution in [0.2, 0.25) is 0 Å². The molecule has 0 aromatic rings. The van der Waals surface area contributed by atoms with E-state index in [0.29, 0.717) is 6.42 Å². The predicted octanol–water partition coefficient (Wildman–Crippen LogP) is 0.0723. The van der Waals surface area contributed by atoms with Crippen LogP contribution in [0.1, 0.15) is 6.42 Å². The molecule has 1 fully saturated rings. The predicted molar refractivity (Wildman–Crippen MR) is 25.8 cm³/mol. The van der Waals surface area contributed by atoms with E-state index >= 15 is 0 Å². The van der Waals surface area contributed by atoms with Gasteiger partial charge in [-0.05, 0) is 12.8 Å². The Bertz CT molecular complexity index is 123. The molecule has 8 heavy (non-hydrogen) atoms. The van der Waals surface area contributed by atoms with Gasteiger partial charge >= 0.3 is 7.82 Å². The monoisotopic (exact) mass is 137 g/mol. The molecular formula is C3H6O4P. The van der Waals surface area contributed by atoms with Crippen LogP contribution in [-0.2, 0) is 9.09 Å². The number of phosphoric acid groups is 1. The fraction of sp³-hybridized carbons (Fsp3) is 0.667. The average molecular weight is 137 g/mol. The van der Waals surface area contributed by atoms with Crippen LogP contribution >= 0.6 is 7.82 Å². The lowest BCUT2D eigenvalue weighted by molar-refractivity contribution is 0.193. The second kappa shape index (κ2) is 1.81. The van der Waals surface area contributed by atoms with Crippen LogP contribution in [0.25, 0.3) is 0 Å². The summed E-state index contributed by atoms with van der Waals surface area (Å²) in [6, 6.07) is 0. The zero-order chi connectivity index (χ0) is 6.20. The minimum Gasteiger partial charge on any atom is -0.303 e. The third-order valence-electron chi connectivity index (χ3n) is 0.701. The van der Waals surface area contributed by atoms with Crippen LogP contribution in [0.3, 0.4) is 0 Å². The third-order valence-corrected chi connectivity index (χ3v) is 1.25. The molecule has 0 saturated heterocycles. The maximum atomic E-state index is 9.93. The van der Waals surface area contributed by atoms with E-state index in [1.165, 1.54) is 0 Å². The first-order valence-corrected chi connectivity index (χ1v) is 3.68. The number of hydrogen-bond acceptors (Lipinski definition) is 2. The summed E-state index contributed by atoms with van der Waals surface area (Å²) in [5, 5.41) is 0. The van der Waals surface area contributed by atoms with Crippen LogP contribution in [0.4, 0.5) is 0 Å². The molecule has 47 valence electrons. The largest absolute Gasteiger partial charge is 0.469 e. The Kier molecular flexibility index (Phi) is 1.41. The van der Waals surface area contributed by atoms with Crippen molar-refractivity contribution in [2.75, 3.05) is 0 Å². The van der Waals surface area contributed by atoms with Crippen LogP contribution in [0, 0.1) is 6.42 Å². The van der Waals surface area contributed by atoms with E-state index < -0.39 is 7.82 Å². The third kappa shape index (κ3) is 2.43. The quantitative estimate of drug-likeness (QED) is 0.528. The SMILES string of the molecule is O=P(O)(O)OC1[CH]C1. The Balaban J connectivity index is 2.26. The van der Waals surface area contributed by atoms with E-state index in [9.17, 15) is 4.57 Å². The van der Waals surface area contributed by atoms with Gasteiger partial charge in [0, 0.05) is 0 Å². The Morgan fingerprint density at radius 2 is 2.25 bits per heavy atom. The van der Waals surface area contributed by atoms with Crippen LogP contribution in [0.5, 0.6) is 0 Å². The summed E-state index contributed by atoms with van der Waals surface area (Å²) in [5.41, 5.74) is 0. The number of phosphoric ester groups is 1. The number of rotatable bonds is 2. The van der Waals surface area contributed by atoms with Gasteiger partial charge < -0.3 is 9.79 Å². The summed E-state index contributed by atoms with van der Waals surface area (Å²) < 4.78 is 14.1. The van der Waals surface area contributed by atoms with Gasteiger partial charge in [-0.2, -0.15) is 0 Å². The Morgan fingerprint density at radius 3 is 2.38 bits per heavy atom. The van der Waals surface area contributed by atoms with Gasteiger partial charge in [0.2, 0.25) is 0 Å². The Hall–Kier alpha value is 0.110. The van der Waals surface area contributed by atoms with Gasteiger partial charge in [0.1, 0.15) is 0 Å². The highest BCUT2D eigenvalue weighted by molar-refractivity contribution is 7.46. The fourth-order valence-corrected chi connectivity index (χ4v) is 0.843. The summed E-state index contributed by atoms with van der Waals surface area (Å²) in [4.78, 5) is 16.2. The van der Waals surface area contributed by atoms with Crippen molar-refractivity contribution in [3.63, 3.8) is 0 Å². The fourth-order valence-electron chi connectivity index (χ4n) is 0.318. The highest BCUT2D eigenvalue weighted by Gasteiger charge is 2.30. The second-order valence-corrected chi connectivity index (χ2v) is 2.80. The van der Waals surface area contributed by atoms with Gasteiger partial charge in [-0.25, -0.2) is 4.57 Å². The summed E-state index contributed by atoms with van der Waals surface area (Å²) in [7, 11) is -4.19. The topological polar surface area (TPSA) is 66.8 Å².